The standard InChI is InChI=1S/C25H27FN4O2/c1-16-14-29(15-28-16)23-9-6-18(12-24(23)32-3)11-20-5-4-10-30(25(20)31)17(2)19-7-8-21(26)22(27)13-19/h6-9,11-15,17H,4-5,10,27H2,1-3H3/b20-11+/t17-/m0/s1. The molecule has 0 spiro atoms. The highest BCUT2D eigenvalue weighted by molar-refractivity contribution is 5.98. The van der Waals surface area contributed by atoms with E-state index >= 15 is 0 Å². The number of hydrogen-bond acceptors (Lipinski definition) is 4. The summed E-state index contributed by atoms with van der Waals surface area (Å²) in [5.41, 5.74) is 10.1. The van der Waals surface area contributed by atoms with Crippen molar-refractivity contribution in [3.8, 4) is 11.4 Å². The lowest BCUT2D eigenvalue weighted by atomic mass is 9.97. The lowest BCUT2D eigenvalue weighted by Gasteiger charge is -2.34. The highest BCUT2D eigenvalue weighted by Gasteiger charge is 2.28. The maximum Gasteiger partial charge on any atom is 0.250 e. The Morgan fingerprint density at radius 1 is 1.25 bits per heavy atom. The van der Waals surface area contributed by atoms with E-state index in [2.05, 4.69) is 4.98 Å². The van der Waals surface area contributed by atoms with Crippen molar-refractivity contribution in [3.05, 3.63) is 77.1 Å². The Morgan fingerprint density at radius 2 is 2.06 bits per heavy atom. The number of aromatic nitrogens is 2. The third-order valence-electron chi connectivity index (χ3n) is 5.89. The van der Waals surface area contributed by atoms with Crippen molar-refractivity contribution in [2.45, 2.75) is 32.7 Å². The van der Waals surface area contributed by atoms with Gasteiger partial charge in [-0.05, 0) is 68.2 Å². The molecule has 0 aliphatic carbocycles. The van der Waals surface area contributed by atoms with Crippen molar-refractivity contribution in [1.82, 2.24) is 14.5 Å². The molecule has 0 radical (unpaired) electrons. The molecule has 3 aromatic rings. The molecule has 0 saturated carbocycles. The van der Waals surface area contributed by atoms with Crippen LogP contribution >= 0.6 is 0 Å². The zero-order valence-corrected chi connectivity index (χ0v) is 18.5. The van der Waals surface area contributed by atoms with Crippen LogP contribution in [0.15, 0.2) is 54.5 Å². The topological polar surface area (TPSA) is 73.4 Å². The van der Waals surface area contributed by atoms with E-state index in [1.165, 1.54) is 6.07 Å². The smallest absolute Gasteiger partial charge is 0.250 e. The molecule has 1 aromatic heterocycles. The largest absolute Gasteiger partial charge is 0.495 e. The number of nitrogens with zero attached hydrogens (tertiary/aromatic N) is 3. The Kier molecular flexibility index (Phi) is 5.99. The van der Waals surface area contributed by atoms with Crippen molar-refractivity contribution in [2.24, 2.45) is 0 Å². The highest BCUT2D eigenvalue weighted by atomic mass is 19.1. The first-order valence-electron chi connectivity index (χ1n) is 10.6. The highest BCUT2D eigenvalue weighted by Crippen LogP contribution is 2.31. The van der Waals surface area contributed by atoms with Crippen molar-refractivity contribution in [1.29, 1.82) is 0 Å². The summed E-state index contributed by atoms with van der Waals surface area (Å²) in [6.45, 7) is 4.53. The quantitative estimate of drug-likeness (QED) is 0.468. The minimum atomic E-state index is -0.449. The molecule has 166 valence electrons. The molecule has 0 unspecified atom stereocenters. The van der Waals surface area contributed by atoms with Gasteiger partial charge in [-0.25, -0.2) is 9.37 Å². The monoisotopic (exact) mass is 434 g/mol. The zero-order valence-electron chi connectivity index (χ0n) is 18.5. The fourth-order valence-electron chi connectivity index (χ4n) is 4.09. The summed E-state index contributed by atoms with van der Waals surface area (Å²) in [5, 5.41) is 0. The van der Waals surface area contributed by atoms with Crippen LogP contribution in [0.25, 0.3) is 11.8 Å². The molecule has 32 heavy (non-hydrogen) atoms. The van der Waals surface area contributed by atoms with Crippen LogP contribution in [-0.2, 0) is 4.79 Å². The van der Waals surface area contributed by atoms with Crippen LogP contribution in [0.2, 0.25) is 0 Å². The number of rotatable bonds is 5. The number of anilines is 1. The van der Waals surface area contributed by atoms with E-state index in [1.807, 2.05) is 53.8 Å². The Bertz CT molecular complexity index is 1180. The lowest BCUT2D eigenvalue weighted by Crippen LogP contribution is -2.38. The number of nitrogens with two attached hydrogens (primary N) is 1. The van der Waals surface area contributed by atoms with E-state index in [-0.39, 0.29) is 17.6 Å². The van der Waals surface area contributed by atoms with Crippen LogP contribution in [0.1, 0.15) is 42.6 Å². The molecule has 6 nitrogen and oxygen atoms in total. The van der Waals surface area contributed by atoms with Gasteiger partial charge >= 0.3 is 0 Å². The number of methoxy groups -OCH3 is 1. The van der Waals surface area contributed by atoms with Gasteiger partial charge in [0.15, 0.2) is 0 Å². The summed E-state index contributed by atoms with van der Waals surface area (Å²) in [6.07, 6.45) is 7.17. The third-order valence-corrected chi connectivity index (χ3v) is 5.89. The van der Waals surface area contributed by atoms with Gasteiger partial charge in [-0.3, -0.25) is 4.79 Å². The van der Waals surface area contributed by atoms with E-state index in [0.29, 0.717) is 18.7 Å². The average molecular weight is 435 g/mol. The number of carbonyl (C=O) groups excluding carboxylic acids is 1. The van der Waals surface area contributed by atoms with Crippen LogP contribution in [-0.4, -0.2) is 34.0 Å². The molecule has 1 aliphatic rings. The normalized spacial score (nSPS) is 16.4. The first-order valence-corrected chi connectivity index (χ1v) is 10.6. The number of likely N-dealkylation sites (tertiary alicyclic amines) is 1. The number of nitrogen functional groups attached to an aromatic ring is 1. The predicted molar refractivity (Wildman–Crippen MR) is 123 cm³/mol. The molecule has 1 fully saturated rings. The fourth-order valence-corrected chi connectivity index (χ4v) is 4.09. The summed E-state index contributed by atoms with van der Waals surface area (Å²) in [5.74, 6) is 0.238. The molecule has 0 bridgehead atoms. The Morgan fingerprint density at radius 3 is 2.75 bits per heavy atom. The van der Waals surface area contributed by atoms with Crippen LogP contribution in [0.4, 0.5) is 10.1 Å². The van der Waals surface area contributed by atoms with E-state index in [4.69, 9.17) is 10.5 Å². The second-order valence-corrected chi connectivity index (χ2v) is 8.08. The minimum Gasteiger partial charge on any atom is -0.495 e. The molecule has 2 heterocycles. The molecule has 1 saturated heterocycles. The van der Waals surface area contributed by atoms with Gasteiger partial charge in [0.05, 0.1) is 36.5 Å². The number of aryl methyl sites for hydroxylation is 1. The summed E-state index contributed by atoms with van der Waals surface area (Å²) in [7, 11) is 1.63. The van der Waals surface area contributed by atoms with E-state index < -0.39 is 5.82 Å². The summed E-state index contributed by atoms with van der Waals surface area (Å²) < 4.78 is 21.1. The van der Waals surface area contributed by atoms with Crippen LogP contribution in [0.3, 0.4) is 0 Å². The van der Waals surface area contributed by atoms with Crippen molar-refractivity contribution in [3.63, 3.8) is 0 Å². The van der Waals surface area contributed by atoms with Crippen molar-refractivity contribution < 1.29 is 13.9 Å². The Labute approximate surface area is 187 Å². The van der Waals surface area contributed by atoms with Gasteiger partial charge in [0.25, 0.3) is 0 Å². The first kappa shape index (κ1) is 21.6. The van der Waals surface area contributed by atoms with Crippen molar-refractivity contribution >= 4 is 17.7 Å². The molecule has 2 aromatic carbocycles. The molecule has 7 heteroatoms. The summed E-state index contributed by atoms with van der Waals surface area (Å²) >= 11 is 0. The van der Waals surface area contributed by atoms with Gasteiger partial charge in [0.1, 0.15) is 11.6 Å². The number of piperidine rings is 1. The zero-order chi connectivity index (χ0) is 22.8. The summed E-state index contributed by atoms with van der Waals surface area (Å²) in [6, 6.07) is 10.3. The predicted octanol–water partition coefficient (Wildman–Crippen LogP) is 4.68. The molecule has 4 rings (SSSR count). The second kappa shape index (κ2) is 8.86. The SMILES string of the molecule is COc1cc(/C=C2\CCCN([C@@H](C)c3ccc(F)c(N)c3)C2=O)ccc1-n1cnc(C)c1. The van der Waals surface area contributed by atoms with Gasteiger partial charge in [-0.15, -0.1) is 0 Å². The molecule has 1 aliphatic heterocycles. The van der Waals surface area contributed by atoms with Crippen LogP contribution in [0.5, 0.6) is 5.75 Å². The second-order valence-electron chi connectivity index (χ2n) is 8.08. The number of ether oxygens (including phenoxy) is 1. The van der Waals surface area contributed by atoms with E-state index in [9.17, 15) is 9.18 Å². The van der Waals surface area contributed by atoms with Gasteiger partial charge < -0.3 is 19.9 Å². The van der Waals surface area contributed by atoms with Crippen LogP contribution in [0, 0.1) is 12.7 Å². The molecular weight excluding hydrogens is 407 g/mol. The Hall–Kier alpha value is -3.61. The van der Waals surface area contributed by atoms with Gasteiger partial charge in [-0.1, -0.05) is 12.1 Å². The molecule has 1 amide bonds. The number of halogens is 1. The van der Waals surface area contributed by atoms with E-state index in [1.54, 1.807) is 25.6 Å². The van der Waals surface area contributed by atoms with Gasteiger partial charge in [0, 0.05) is 18.3 Å². The van der Waals surface area contributed by atoms with Crippen molar-refractivity contribution in [2.75, 3.05) is 19.4 Å². The van der Waals surface area contributed by atoms with Crippen LogP contribution < -0.4 is 10.5 Å². The third kappa shape index (κ3) is 4.23. The maximum absolute atomic E-state index is 13.6. The molecular formula is C25H27FN4O2. The van der Waals surface area contributed by atoms with Gasteiger partial charge in [0.2, 0.25) is 5.91 Å². The number of benzene rings is 2. The number of carbonyl (C=O) groups is 1. The molecule has 2 N–H and O–H groups in total. The van der Waals surface area contributed by atoms with Gasteiger partial charge in [-0.2, -0.15) is 0 Å². The lowest BCUT2D eigenvalue weighted by molar-refractivity contribution is -0.130. The fraction of sp³-hybridized carbons (Fsp3) is 0.280. The number of imidazole rings is 1. The number of amides is 1. The first-order chi connectivity index (χ1) is 15.4. The van der Waals surface area contributed by atoms with E-state index in [0.717, 1.165) is 34.5 Å². The Balaban J connectivity index is 1.59. The number of hydrogen-bond donors (Lipinski definition) is 1. The maximum atomic E-state index is 13.6. The minimum absolute atomic E-state index is 0.0140. The average Bonchev–Trinajstić information content (AvgIpc) is 3.22. The molecule has 1 atom stereocenters. The summed E-state index contributed by atoms with van der Waals surface area (Å²) in [4.78, 5) is 19.3.